The molecule has 2 amide bonds. The largest absolute Gasteiger partial charge is 0.353 e. The number of hydrogen-bond donors (Lipinski definition) is 2. The minimum Gasteiger partial charge on any atom is -0.353 e. The molecule has 1 aromatic carbocycles. The van der Waals surface area contributed by atoms with Crippen LogP contribution in [-0.4, -0.2) is 42.4 Å². The van der Waals surface area contributed by atoms with Gasteiger partial charge in [-0.2, -0.15) is 0 Å². The van der Waals surface area contributed by atoms with Crippen LogP contribution in [-0.2, 0) is 9.59 Å². The summed E-state index contributed by atoms with van der Waals surface area (Å²) in [4.78, 5) is 26.8. The number of benzene rings is 1. The number of carbonyl (C=O) groups excluding carboxylic acids is 2. The molecule has 1 saturated heterocycles. The summed E-state index contributed by atoms with van der Waals surface area (Å²) >= 11 is 11.9. The van der Waals surface area contributed by atoms with Crippen molar-refractivity contribution >= 4 is 40.7 Å². The van der Waals surface area contributed by atoms with Gasteiger partial charge in [0.2, 0.25) is 11.8 Å². The zero-order valence-electron chi connectivity index (χ0n) is 15.5. The first kappa shape index (κ1) is 20.4. The zero-order chi connectivity index (χ0) is 19.2. The second kappa shape index (κ2) is 9.76. The lowest BCUT2D eigenvalue weighted by Crippen LogP contribution is -2.45. The van der Waals surface area contributed by atoms with Crippen molar-refractivity contribution in [2.24, 2.45) is 5.92 Å². The summed E-state index contributed by atoms with van der Waals surface area (Å²) in [7, 11) is 0. The number of hydrogen-bond acceptors (Lipinski definition) is 3. The third-order valence-corrected chi connectivity index (χ3v) is 6.22. The van der Waals surface area contributed by atoms with Gasteiger partial charge in [-0.25, -0.2) is 0 Å². The maximum Gasteiger partial charge on any atom is 0.238 e. The van der Waals surface area contributed by atoms with E-state index < -0.39 is 0 Å². The van der Waals surface area contributed by atoms with Crippen molar-refractivity contribution in [3.63, 3.8) is 0 Å². The van der Waals surface area contributed by atoms with Gasteiger partial charge in [-0.1, -0.05) is 42.5 Å². The molecule has 1 heterocycles. The highest BCUT2D eigenvalue weighted by molar-refractivity contribution is 6.42. The van der Waals surface area contributed by atoms with Crippen LogP contribution in [0.3, 0.4) is 0 Å². The summed E-state index contributed by atoms with van der Waals surface area (Å²) in [6.07, 6.45) is 7.56. The van der Waals surface area contributed by atoms with E-state index in [0.29, 0.717) is 28.3 Å². The lowest BCUT2D eigenvalue weighted by atomic mass is 9.92. The average Bonchev–Trinajstić information content (AvgIpc) is 2.66. The van der Waals surface area contributed by atoms with E-state index in [1.165, 1.54) is 19.3 Å². The van der Waals surface area contributed by atoms with Crippen molar-refractivity contribution < 1.29 is 9.59 Å². The number of likely N-dealkylation sites (tertiary alicyclic amines) is 1. The summed E-state index contributed by atoms with van der Waals surface area (Å²) in [5.74, 6) is 0.182. The SMILES string of the molecule is O=C(CN1CCC(C(=O)NC2CCCCC2)CC1)Nc1ccc(Cl)c(Cl)c1. The predicted octanol–water partition coefficient (Wildman–Crippen LogP) is 4.09. The number of carbonyl (C=O) groups is 2. The second-order valence-corrected chi connectivity index (χ2v) is 8.39. The Morgan fingerprint density at radius 3 is 2.37 bits per heavy atom. The maximum atomic E-state index is 12.5. The molecule has 1 saturated carbocycles. The smallest absolute Gasteiger partial charge is 0.238 e. The summed E-state index contributed by atoms with van der Waals surface area (Å²) in [6.45, 7) is 1.84. The fraction of sp³-hybridized carbons (Fsp3) is 0.600. The molecular formula is C20H27Cl2N3O2. The molecule has 0 unspecified atom stereocenters. The van der Waals surface area contributed by atoms with E-state index >= 15 is 0 Å². The Balaban J connectivity index is 1.40. The number of nitrogens with one attached hydrogen (secondary N) is 2. The van der Waals surface area contributed by atoms with Gasteiger partial charge in [0.25, 0.3) is 0 Å². The van der Waals surface area contributed by atoms with E-state index in [4.69, 9.17) is 23.2 Å². The van der Waals surface area contributed by atoms with Crippen molar-refractivity contribution in [2.75, 3.05) is 25.0 Å². The van der Waals surface area contributed by atoms with Crippen LogP contribution >= 0.6 is 23.2 Å². The molecule has 0 aromatic heterocycles. The average molecular weight is 412 g/mol. The molecule has 7 heteroatoms. The standard InChI is InChI=1S/C20H27Cl2N3O2/c21-17-7-6-16(12-18(17)22)23-19(26)13-25-10-8-14(9-11-25)20(27)24-15-4-2-1-3-5-15/h6-7,12,14-15H,1-5,8-11,13H2,(H,23,26)(H,24,27). The molecule has 0 atom stereocenters. The molecule has 0 spiro atoms. The molecule has 2 N–H and O–H groups in total. The zero-order valence-corrected chi connectivity index (χ0v) is 17.0. The summed E-state index contributed by atoms with van der Waals surface area (Å²) < 4.78 is 0. The molecule has 1 aromatic rings. The quantitative estimate of drug-likeness (QED) is 0.766. The van der Waals surface area contributed by atoms with Crippen molar-refractivity contribution in [2.45, 2.75) is 51.0 Å². The van der Waals surface area contributed by atoms with Crippen LogP contribution in [0.4, 0.5) is 5.69 Å². The number of piperidine rings is 1. The van der Waals surface area contributed by atoms with Gasteiger partial charge in [-0.15, -0.1) is 0 Å². The first-order valence-electron chi connectivity index (χ1n) is 9.79. The van der Waals surface area contributed by atoms with Crippen LogP contribution in [0, 0.1) is 5.92 Å². The molecule has 2 aliphatic rings. The minimum atomic E-state index is -0.0847. The monoisotopic (exact) mass is 411 g/mol. The number of nitrogens with zero attached hydrogens (tertiary/aromatic N) is 1. The Bertz CT molecular complexity index is 669. The predicted molar refractivity (Wildman–Crippen MR) is 109 cm³/mol. The van der Waals surface area contributed by atoms with Crippen molar-refractivity contribution in [3.8, 4) is 0 Å². The Labute approximate surface area is 170 Å². The van der Waals surface area contributed by atoms with E-state index in [1.54, 1.807) is 18.2 Å². The molecule has 5 nitrogen and oxygen atoms in total. The Morgan fingerprint density at radius 2 is 1.70 bits per heavy atom. The van der Waals surface area contributed by atoms with Crippen molar-refractivity contribution in [1.82, 2.24) is 10.2 Å². The third kappa shape index (κ3) is 6.09. The van der Waals surface area contributed by atoms with Crippen molar-refractivity contribution in [1.29, 1.82) is 0 Å². The molecule has 0 radical (unpaired) electrons. The van der Waals surface area contributed by atoms with Gasteiger partial charge in [-0.3, -0.25) is 14.5 Å². The Morgan fingerprint density at radius 1 is 1.00 bits per heavy atom. The molecule has 1 aliphatic carbocycles. The van der Waals surface area contributed by atoms with Crippen LogP contribution in [0.5, 0.6) is 0 Å². The van der Waals surface area contributed by atoms with Crippen molar-refractivity contribution in [3.05, 3.63) is 28.2 Å². The van der Waals surface area contributed by atoms with Gasteiger partial charge in [0.15, 0.2) is 0 Å². The van der Waals surface area contributed by atoms with Gasteiger partial charge >= 0.3 is 0 Å². The first-order valence-corrected chi connectivity index (χ1v) is 10.5. The van der Waals surface area contributed by atoms with Gasteiger partial charge < -0.3 is 10.6 Å². The normalized spacial score (nSPS) is 19.6. The van der Waals surface area contributed by atoms with E-state index in [-0.39, 0.29) is 17.7 Å². The van der Waals surface area contributed by atoms with E-state index in [1.807, 2.05) is 0 Å². The molecule has 2 fully saturated rings. The molecule has 27 heavy (non-hydrogen) atoms. The summed E-state index contributed by atoms with van der Waals surface area (Å²) in [6, 6.07) is 5.40. The highest BCUT2D eigenvalue weighted by Gasteiger charge is 2.27. The summed E-state index contributed by atoms with van der Waals surface area (Å²) in [5.41, 5.74) is 0.635. The highest BCUT2D eigenvalue weighted by Crippen LogP contribution is 2.25. The van der Waals surface area contributed by atoms with E-state index in [2.05, 4.69) is 15.5 Å². The van der Waals surface area contributed by atoms with Crippen LogP contribution in [0.1, 0.15) is 44.9 Å². The fourth-order valence-corrected chi connectivity index (χ4v) is 4.19. The van der Waals surface area contributed by atoms with E-state index in [9.17, 15) is 9.59 Å². The molecule has 148 valence electrons. The molecule has 3 rings (SSSR count). The second-order valence-electron chi connectivity index (χ2n) is 7.57. The van der Waals surface area contributed by atoms with Gasteiger partial charge in [0.05, 0.1) is 16.6 Å². The Kier molecular flexibility index (Phi) is 7.39. The van der Waals surface area contributed by atoms with Crippen LogP contribution in [0.2, 0.25) is 10.0 Å². The number of anilines is 1. The van der Waals surface area contributed by atoms with E-state index in [0.717, 1.165) is 38.8 Å². The first-order chi connectivity index (χ1) is 13.0. The summed E-state index contributed by atoms with van der Waals surface area (Å²) in [5, 5.41) is 6.95. The number of amides is 2. The van der Waals surface area contributed by atoms with Crippen LogP contribution < -0.4 is 10.6 Å². The maximum absolute atomic E-state index is 12.5. The van der Waals surface area contributed by atoms with Crippen LogP contribution in [0.25, 0.3) is 0 Å². The molecule has 0 bridgehead atoms. The van der Waals surface area contributed by atoms with Gasteiger partial charge in [0, 0.05) is 17.6 Å². The lowest BCUT2D eigenvalue weighted by Gasteiger charge is -2.32. The minimum absolute atomic E-state index is 0.0707. The number of rotatable bonds is 5. The van der Waals surface area contributed by atoms with Gasteiger partial charge in [-0.05, 0) is 57.0 Å². The number of halogens is 2. The van der Waals surface area contributed by atoms with Crippen LogP contribution in [0.15, 0.2) is 18.2 Å². The van der Waals surface area contributed by atoms with Gasteiger partial charge in [0.1, 0.15) is 0 Å². The lowest BCUT2D eigenvalue weighted by molar-refractivity contribution is -0.127. The fourth-order valence-electron chi connectivity index (χ4n) is 3.90. The molecule has 1 aliphatic heterocycles. The molecular weight excluding hydrogens is 385 g/mol. The highest BCUT2D eigenvalue weighted by atomic mass is 35.5. The Hall–Kier alpha value is -1.30. The third-order valence-electron chi connectivity index (χ3n) is 5.48. The topological polar surface area (TPSA) is 61.4 Å².